The molecule has 0 fully saturated rings. The number of esters is 1. The first kappa shape index (κ1) is 9.74. The average molecular weight is 294 g/mol. The molecule has 0 amide bonds. The van der Waals surface area contributed by atoms with Gasteiger partial charge in [0.15, 0.2) is 5.01 Å². The molecule has 1 aromatic carbocycles. The summed E-state index contributed by atoms with van der Waals surface area (Å²) in [5.74, 6) is -0.248. The molecule has 1 aliphatic heterocycles. The van der Waals surface area contributed by atoms with Crippen molar-refractivity contribution in [3.8, 4) is 0 Å². The van der Waals surface area contributed by atoms with Crippen molar-refractivity contribution in [1.82, 2.24) is 0 Å². The van der Waals surface area contributed by atoms with E-state index in [0.717, 1.165) is 5.56 Å². The molecule has 0 saturated heterocycles. The molecule has 1 aliphatic rings. The fourth-order valence-corrected chi connectivity index (χ4v) is 1.67. The SMILES string of the molecule is Br.O=C1OC(Br)c2ccccc21. The summed E-state index contributed by atoms with van der Waals surface area (Å²) in [6, 6.07) is 7.35. The number of fused-ring (bicyclic) bond motifs is 1. The maximum Gasteiger partial charge on any atom is 0.340 e. The highest BCUT2D eigenvalue weighted by Gasteiger charge is 2.27. The Morgan fingerprint density at radius 3 is 2.67 bits per heavy atom. The Morgan fingerprint density at radius 2 is 2.00 bits per heavy atom. The van der Waals surface area contributed by atoms with Crippen molar-refractivity contribution in [3.63, 3.8) is 0 Å². The van der Waals surface area contributed by atoms with Gasteiger partial charge in [-0.25, -0.2) is 4.79 Å². The summed E-state index contributed by atoms with van der Waals surface area (Å²) in [7, 11) is 0. The highest BCUT2D eigenvalue weighted by atomic mass is 79.9. The fraction of sp³-hybridized carbons (Fsp3) is 0.125. The first-order chi connectivity index (χ1) is 5.29. The summed E-state index contributed by atoms with van der Waals surface area (Å²) >= 11 is 3.23. The maximum atomic E-state index is 11.0. The largest absolute Gasteiger partial charge is 0.442 e. The average Bonchev–Trinajstić information content (AvgIpc) is 2.30. The molecule has 1 aromatic rings. The third-order valence-electron chi connectivity index (χ3n) is 1.64. The normalized spacial score (nSPS) is 19.4. The Morgan fingerprint density at radius 1 is 1.33 bits per heavy atom. The zero-order valence-electron chi connectivity index (χ0n) is 5.99. The van der Waals surface area contributed by atoms with Gasteiger partial charge in [-0.3, -0.25) is 0 Å². The first-order valence-corrected chi connectivity index (χ1v) is 4.14. The Kier molecular flexibility index (Phi) is 2.90. The molecule has 4 heteroatoms. The number of carbonyl (C=O) groups is 1. The lowest BCUT2D eigenvalue weighted by Gasteiger charge is -1.97. The van der Waals surface area contributed by atoms with E-state index in [0.29, 0.717) is 5.56 Å². The third kappa shape index (κ3) is 1.41. The molecule has 1 unspecified atom stereocenters. The van der Waals surface area contributed by atoms with Crippen molar-refractivity contribution in [1.29, 1.82) is 0 Å². The minimum Gasteiger partial charge on any atom is -0.442 e. The lowest BCUT2D eigenvalue weighted by molar-refractivity contribution is 0.0530. The number of hydrogen-bond acceptors (Lipinski definition) is 2. The molecule has 0 saturated carbocycles. The number of rotatable bonds is 0. The van der Waals surface area contributed by atoms with E-state index in [1.165, 1.54) is 0 Å². The quantitative estimate of drug-likeness (QED) is 0.543. The Hall–Kier alpha value is -0.350. The van der Waals surface area contributed by atoms with Crippen molar-refractivity contribution in [2.45, 2.75) is 5.01 Å². The lowest BCUT2D eigenvalue weighted by Crippen LogP contribution is -1.92. The summed E-state index contributed by atoms with van der Waals surface area (Å²) < 4.78 is 4.91. The number of benzene rings is 1. The van der Waals surface area contributed by atoms with E-state index in [9.17, 15) is 4.79 Å². The van der Waals surface area contributed by atoms with Crippen molar-refractivity contribution in [2.24, 2.45) is 0 Å². The molecule has 1 heterocycles. The van der Waals surface area contributed by atoms with E-state index in [2.05, 4.69) is 15.9 Å². The van der Waals surface area contributed by atoms with E-state index in [4.69, 9.17) is 4.74 Å². The van der Waals surface area contributed by atoms with Crippen LogP contribution in [0.25, 0.3) is 0 Å². The van der Waals surface area contributed by atoms with Gasteiger partial charge in [0.1, 0.15) is 0 Å². The first-order valence-electron chi connectivity index (χ1n) is 3.23. The van der Waals surface area contributed by atoms with Crippen molar-refractivity contribution in [2.75, 3.05) is 0 Å². The number of alkyl halides is 1. The van der Waals surface area contributed by atoms with E-state index < -0.39 is 0 Å². The summed E-state index contributed by atoms with van der Waals surface area (Å²) in [6.45, 7) is 0. The topological polar surface area (TPSA) is 26.3 Å². The van der Waals surface area contributed by atoms with Crippen LogP contribution in [0.2, 0.25) is 0 Å². The molecule has 64 valence electrons. The highest BCUT2D eigenvalue weighted by molar-refractivity contribution is 9.09. The highest BCUT2D eigenvalue weighted by Crippen LogP contribution is 2.34. The monoisotopic (exact) mass is 292 g/mol. The van der Waals surface area contributed by atoms with E-state index >= 15 is 0 Å². The predicted molar refractivity (Wildman–Crippen MR) is 53.8 cm³/mol. The van der Waals surface area contributed by atoms with Crippen LogP contribution in [-0.2, 0) is 4.74 Å². The van der Waals surface area contributed by atoms with Crippen LogP contribution in [0.1, 0.15) is 20.9 Å². The molecular formula is C8H6Br2O2. The fourth-order valence-electron chi connectivity index (χ4n) is 1.10. The molecule has 2 nitrogen and oxygen atoms in total. The standard InChI is InChI=1S/C8H5BrO2.BrH/c9-7-5-3-1-2-4-6(5)8(10)11-7;/h1-4,7H;1H. The smallest absolute Gasteiger partial charge is 0.340 e. The van der Waals surface area contributed by atoms with Gasteiger partial charge in [-0.05, 0) is 22.0 Å². The molecule has 0 aliphatic carbocycles. The molecule has 0 spiro atoms. The molecule has 0 N–H and O–H groups in total. The number of hydrogen-bond donors (Lipinski definition) is 0. The molecule has 2 rings (SSSR count). The van der Waals surface area contributed by atoms with Gasteiger partial charge in [0.05, 0.1) is 5.56 Å². The Balaban J connectivity index is 0.000000720. The predicted octanol–water partition coefficient (Wildman–Crippen LogP) is 2.83. The maximum absolute atomic E-state index is 11.0. The van der Waals surface area contributed by atoms with Crippen LogP contribution in [0, 0.1) is 0 Å². The van der Waals surface area contributed by atoms with Crippen molar-refractivity contribution in [3.05, 3.63) is 35.4 Å². The summed E-state index contributed by atoms with van der Waals surface area (Å²) in [6.07, 6.45) is 0. The second-order valence-electron chi connectivity index (χ2n) is 2.31. The van der Waals surface area contributed by atoms with Crippen LogP contribution in [0.5, 0.6) is 0 Å². The molecule has 12 heavy (non-hydrogen) atoms. The van der Waals surface area contributed by atoms with Crippen LogP contribution in [0.4, 0.5) is 0 Å². The molecule has 0 bridgehead atoms. The van der Waals surface area contributed by atoms with Gasteiger partial charge in [-0.1, -0.05) is 18.2 Å². The number of carbonyl (C=O) groups excluding carboxylic acids is 1. The van der Waals surface area contributed by atoms with Crippen molar-refractivity contribution >= 4 is 38.9 Å². The van der Waals surface area contributed by atoms with Gasteiger partial charge in [-0.15, -0.1) is 17.0 Å². The van der Waals surface area contributed by atoms with Gasteiger partial charge in [-0.2, -0.15) is 0 Å². The third-order valence-corrected chi connectivity index (χ3v) is 2.32. The van der Waals surface area contributed by atoms with Gasteiger partial charge in [0, 0.05) is 5.56 Å². The number of cyclic esters (lactones) is 1. The van der Waals surface area contributed by atoms with Crippen LogP contribution < -0.4 is 0 Å². The second kappa shape index (κ2) is 3.58. The van der Waals surface area contributed by atoms with Crippen LogP contribution in [0.3, 0.4) is 0 Å². The van der Waals surface area contributed by atoms with Gasteiger partial charge in [0.25, 0.3) is 0 Å². The summed E-state index contributed by atoms with van der Waals surface area (Å²) in [5, 5.41) is -0.258. The summed E-state index contributed by atoms with van der Waals surface area (Å²) in [4.78, 5) is 11.0. The van der Waals surface area contributed by atoms with Crippen LogP contribution in [0.15, 0.2) is 24.3 Å². The molecular weight excluding hydrogens is 288 g/mol. The minimum atomic E-state index is -0.258. The number of ether oxygens (including phenoxy) is 1. The van der Waals surface area contributed by atoms with Gasteiger partial charge in [0.2, 0.25) is 0 Å². The summed E-state index contributed by atoms with van der Waals surface area (Å²) in [5.41, 5.74) is 1.58. The zero-order valence-corrected chi connectivity index (χ0v) is 9.29. The molecule has 0 aromatic heterocycles. The van der Waals surface area contributed by atoms with Gasteiger partial charge < -0.3 is 4.74 Å². The van der Waals surface area contributed by atoms with Gasteiger partial charge >= 0.3 is 5.97 Å². The second-order valence-corrected chi connectivity index (χ2v) is 3.14. The van der Waals surface area contributed by atoms with E-state index in [-0.39, 0.29) is 28.0 Å². The molecule has 1 atom stereocenters. The Bertz CT molecular complexity index is 312. The Labute approximate surface area is 88.8 Å². The van der Waals surface area contributed by atoms with Crippen LogP contribution in [-0.4, -0.2) is 5.97 Å². The minimum absolute atomic E-state index is 0. The zero-order chi connectivity index (χ0) is 7.84. The van der Waals surface area contributed by atoms with Crippen molar-refractivity contribution < 1.29 is 9.53 Å². The van der Waals surface area contributed by atoms with Crippen LogP contribution >= 0.6 is 32.9 Å². The van der Waals surface area contributed by atoms with E-state index in [1.54, 1.807) is 6.07 Å². The molecule has 0 radical (unpaired) electrons. The number of halogens is 2. The lowest BCUT2D eigenvalue weighted by atomic mass is 10.1. The van der Waals surface area contributed by atoms with E-state index in [1.807, 2.05) is 18.2 Å².